The first-order chi connectivity index (χ1) is 18.1. The molecule has 6 N–H and O–H groups in total. The maximum Gasteiger partial charge on any atom is 0.256 e. The number of nitrogens with zero attached hydrogens (tertiary/aromatic N) is 1. The van der Waals surface area contributed by atoms with Gasteiger partial charge in [-0.3, -0.25) is 29.0 Å². The zero-order valence-corrected chi connectivity index (χ0v) is 25.6. The van der Waals surface area contributed by atoms with Crippen LogP contribution in [0.15, 0.2) is 0 Å². The number of hydrogen-bond donors (Lipinski definition) is 5. The molecule has 0 aliphatic carbocycles. The lowest BCUT2D eigenvalue weighted by Crippen LogP contribution is -2.52. The number of amides is 5. The Morgan fingerprint density at radius 2 is 1.33 bits per heavy atom. The van der Waals surface area contributed by atoms with Crippen LogP contribution in [0.1, 0.15) is 94.4 Å². The Labute approximate surface area is 235 Å². The molecule has 0 aliphatic heterocycles. The van der Waals surface area contributed by atoms with Gasteiger partial charge in [0.2, 0.25) is 23.6 Å². The lowest BCUT2D eigenvalue weighted by atomic mass is 9.98. The van der Waals surface area contributed by atoms with Gasteiger partial charge in [0.1, 0.15) is 6.04 Å². The van der Waals surface area contributed by atoms with Crippen LogP contribution < -0.4 is 27.1 Å². The predicted molar refractivity (Wildman–Crippen MR) is 153 cm³/mol. The third-order valence-corrected chi connectivity index (χ3v) is 6.55. The standard InChI is InChI=1S/C28H54N6O5/c1-10-11-22(19(6)7)34(29)26(38)16-30-23(35)13-12-21(18(4)5)32-25(37)15-31-28(39)27(20(8)9)33-24(36)14-17(2)3/h17-22,27H,10-16,29H2,1-9H3,(H,30,35)(H,31,39)(H,32,37)(H,33,36). The van der Waals surface area contributed by atoms with Crippen LogP contribution in [0.25, 0.3) is 0 Å². The summed E-state index contributed by atoms with van der Waals surface area (Å²) in [6.45, 7) is 17.0. The molecule has 0 heterocycles. The fraction of sp³-hybridized carbons (Fsp3) is 0.821. The van der Waals surface area contributed by atoms with Crippen LogP contribution in [0.2, 0.25) is 0 Å². The highest BCUT2D eigenvalue weighted by molar-refractivity contribution is 5.90. The third-order valence-electron chi connectivity index (χ3n) is 6.55. The minimum absolute atomic E-state index is 0.0400. The lowest BCUT2D eigenvalue weighted by Gasteiger charge is -2.30. The van der Waals surface area contributed by atoms with E-state index in [-0.39, 0.29) is 78.9 Å². The van der Waals surface area contributed by atoms with Crippen LogP contribution >= 0.6 is 0 Å². The molecule has 0 spiro atoms. The van der Waals surface area contributed by atoms with Gasteiger partial charge >= 0.3 is 0 Å². The Morgan fingerprint density at radius 1 is 0.718 bits per heavy atom. The van der Waals surface area contributed by atoms with E-state index in [0.717, 1.165) is 12.8 Å². The van der Waals surface area contributed by atoms with Gasteiger partial charge in [-0.15, -0.1) is 0 Å². The second-order valence-corrected chi connectivity index (χ2v) is 11.7. The Morgan fingerprint density at radius 3 is 1.82 bits per heavy atom. The summed E-state index contributed by atoms with van der Waals surface area (Å²) < 4.78 is 0. The number of nitrogens with one attached hydrogen (secondary N) is 4. The predicted octanol–water partition coefficient (Wildman–Crippen LogP) is 1.85. The van der Waals surface area contributed by atoms with Gasteiger partial charge in [0, 0.05) is 18.9 Å². The maximum absolute atomic E-state index is 12.6. The van der Waals surface area contributed by atoms with Crippen molar-refractivity contribution in [3.8, 4) is 0 Å². The first-order valence-electron chi connectivity index (χ1n) is 14.3. The van der Waals surface area contributed by atoms with E-state index < -0.39 is 11.9 Å². The van der Waals surface area contributed by atoms with Gasteiger partial charge in [-0.25, -0.2) is 5.84 Å². The molecule has 3 unspecified atom stereocenters. The molecule has 5 amide bonds. The number of carbonyl (C=O) groups excluding carboxylic acids is 5. The van der Waals surface area contributed by atoms with Crippen molar-refractivity contribution in [3.63, 3.8) is 0 Å². The van der Waals surface area contributed by atoms with Crippen molar-refractivity contribution in [3.05, 3.63) is 0 Å². The van der Waals surface area contributed by atoms with Gasteiger partial charge in [0.15, 0.2) is 0 Å². The molecule has 226 valence electrons. The van der Waals surface area contributed by atoms with Crippen LogP contribution in [0.3, 0.4) is 0 Å². The van der Waals surface area contributed by atoms with E-state index in [9.17, 15) is 24.0 Å². The van der Waals surface area contributed by atoms with E-state index in [1.165, 1.54) is 5.01 Å². The van der Waals surface area contributed by atoms with Crippen molar-refractivity contribution in [1.29, 1.82) is 0 Å². The van der Waals surface area contributed by atoms with Crippen molar-refractivity contribution in [2.75, 3.05) is 13.1 Å². The molecule has 0 aromatic rings. The zero-order valence-electron chi connectivity index (χ0n) is 25.6. The molecular formula is C28H54N6O5. The minimum atomic E-state index is -0.737. The Hall–Kier alpha value is -2.69. The Bertz CT molecular complexity index is 799. The topological polar surface area (TPSA) is 163 Å². The van der Waals surface area contributed by atoms with Gasteiger partial charge in [-0.2, -0.15) is 0 Å². The van der Waals surface area contributed by atoms with E-state index >= 15 is 0 Å². The Balaban J connectivity index is 4.75. The minimum Gasteiger partial charge on any atom is -0.352 e. The van der Waals surface area contributed by atoms with Gasteiger partial charge in [-0.05, 0) is 36.5 Å². The second kappa shape index (κ2) is 18.6. The molecule has 0 aromatic heterocycles. The van der Waals surface area contributed by atoms with Crippen LogP contribution in [-0.2, 0) is 24.0 Å². The van der Waals surface area contributed by atoms with Crippen molar-refractivity contribution >= 4 is 29.5 Å². The number of hydrazine groups is 1. The van der Waals surface area contributed by atoms with Gasteiger partial charge in [0.25, 0.3) is 5.91 Å². The van der Waals surface area contributed by atoms with Crippen molar-refractivity contribution in [1.82, 2.24) is 26.3 Å². The molecule has 0 rings (SSSR count). The van der Waals surface area contributed by atoms with Gasteiger partial charge in [-0.1, -0.05) is 68.7 Å². The normalized spacial score (nSPS) is 13.7. The van der Waals surface area contributed by atoms with Crippen LogP contribution in [-0.4, -0.2) is 65.8 Å². The summed E-state index contributed by atoms with van der Waals surface area (Å²) in [6, 6.07) is -1.13. The highest BCUT2D eigenvalue weighted by Crippen LogP contribution is 2.14. The summed E-state index contributed by atoms with van der Waals surface area (Å²) in [5.74, 6) is 4.61. The summed E-state index contributed by atoms with van der Waals surface area (Å²) in [5.41, 5.74) is 0. The van der Waals surface area contributed by atoms with Crippen molar-refractivity contribution in [2.45, 2.75) is 113 Å². The van der Waals surface area contributed by atoms with Crippen LogP contribution in [0, 0.1) is 23.7 Å². The Kier molecular flexibility index (Phi) is 17.3. The number of rotatable bonds is 18. The molecule has 0 bridgehead atoms. The molecule has 0 saturated carbocycles. The molecule has 11 heteroatoms. The average molecular weight is 555 g/mol. The maximum atomic E-state index is 12.6. The molecule has 0 aliphatic rings. The molecule has 0 aromatic carbocycles. The summed E-state index contributed by atoms with van der Waals surface area (Å²) in [5, 5.41) is 12.1. The van der Waals surface area contributed by atoms with E-state index in [1.807, 2.05) is 62.3 Å². The van der Waals surface area contributed by atoms with Crippen molar-refractivity contribution < 1.29 is 24.0 Å². The van der Waals surface area contributed by atoms with Gasteiger partial charge < -0.3 is 21.3 Å². The molecule has 11 nitrogen and oxygen atoms in total. The summed E-state index contributed by atoms with van der Waals surface area (Å²) >= 11 is 0. The molecule has 39 heavy (non-hydrogen) atoms. The molecular weight excluding hydrogens is 500 g/mol. The van der Waals surface area contributed by atoms with Crippen LogP contribution in [0.5, 0.6) is 0 Å². The highest BCUT2D eigenvalue weighted by atomic mass is 16.2. The monoisotopic (exact) mass is 554 g/mol. The quantitative estimate of drug-likeness (QED) is 0.0986. The second-order valence-electron chi connectivity index (χ2n) is 11.7. The van der Waals surface area contributed by atoms with E-state index in [2.05, 4.69) is 21.3 Å². The number of carbonyl (C=O) groups is 5. The number of nitrogens with two attached hydrogens (primary N) is 1. The summed E-state index contributed by atoms with van der Waals surface area (Å²) in [7, 11) is 0. The van der Waals surface area contributed by atoms with E-state index in [1.54, 1.807) is 0 Å². The molecule has 0 saturated heterocycles. The SMILES string of the molecule is CCCC(C(C)C)N(N)C(=O)CNC(=O)CCC(NC(=O)CNC(=O)C(NC(=O)CC(C)C)C(C)C)C(C)C. The molecule has 3 atom stereocenters. The van der Waals surface area contributed by atoms with Crippen molar-refractivity contribution in [2.24, 2.45) is 29.5 Å². The molecule has 0 radical (unpaired) electrons. The largest absolute Gasteiger partial charge is 0.352 e. The number of hydrogen-bond acceptors (Lipinski definition) is 6. The van der Waals surface area contributed by atoms with E-state index in [4.69, 9.17) is 5.84 Å². The fourth-order valence-corrected chi connectivity index (χ4v) is 4.16. The zero-order chi connectivity index (χ0) is 30.3. The fourth-order valence-electron chi connectivity index (χ4n) is 4.16. The summed E-state index contributed by atoms with van der Waals surface area (Å²) in [4.78, 5) is 62.2. The molecule has 0 fully saturated rings. The lowest BCUT2D eigenvalue weighted by molar-refractivity contribution is -0.136. The first kappa shape index (κ1) is 36.3. The third kappa shape index (κ3) is 14.9. The summed E-state index contributed by atoms with van der Waals surface area (Å²) in [6.07, 6.45) is 2.49. The van der Waals surface area contributed by atoms with Crippen LogP contribution in [0.4, 0.5) is 0 Å². The van der Waals surface area contributed by atoms with Gasteiger partial charge in [0.05, 0.1) is 19.1 Å². The average Bonchev–Trinajstić information content (AvgIpc) is 2.83. The first-order valence-corrected chi connectivity index (χ1v) is 14.3. The van der Waals surface area contributed by atoms with E-state index in [0.29, 0.717) is 12.8 Å². The smallest absolute Gasteiger partial charge is 0.256 e. The highest BCUT2D eigenvalue weighted by Gasteiger charge is 2.26.